The fourth-order valence-corrected chi connectivity index (χ4v) is 3.67. The van der Waals surface area contributed by atoms with Crippen molar-refractivity contribution in [1.29, 1.82) is 0 Å². The Morgan fingerprint density at radius 2 is 1.76 bits per heavy atom. The third-order valence-electron chi connectivity index (χ3n) is 5.19. The van der Waals surface area contributed by atoms with Gasteiger partial charge in [-0.25, -0.2) is 0 Å². The minimum Gasteiger partial charge on any atom is -0.329 e. The van der Waals surface area contributed by atoms with Crippen molar-refractivity contribution in [3.05, 3.63) is 35.4 Å². The summed E-state index contributed by atoms with van der Waals surface area (Å²) < 4.78 is 0. The van der Waals surface area contributed by atoms with Crippen LogP contribution in [0.2, 0.25) is 0 Å². The van der Waals surface area contributed by atoms with Crippen molar-refractivity contribution in [2.75, 3.05) is 13.6 Å². The van der Waals surface area contributed by atoms with Crippen molar-refractivity contribution in [3.8, 4) is 0 Å². The molecule has 1 aromatic rings. The molecule has 1 aliphatic carbocycles. The van der Waals surface area contributed by atoms with Gasteiger partial charge in [0.15, 0.2) is 0 Å². The standard InChI is InChI=1S/C19H32N2/c1-14(2)16-8-10-17(11-9-16)19(13-20)21(4)18-7-5-6-15(3)12-18/h8-11,14-15,18-19H,5-7,12-13,20H2,1-4H3. The first-order valence-corrected chi connectivity index (χ1v) is 8.54. The summed E-state index contributed by atoms with van der Waals surface area (Å²) >= 11 is 0. The summed E-state index contributed by atoms with van der Waals surface area (Å²) in [5.41, 5.74) is 8.87. The molecular formula is C19H32N2. The lowest BCUT2D eigenvalue weighted by molar-refractivity contribution is 0.121. The van der Waals surface area contributed by atoms with E-state index in [0.29, 0.717) is 24.5 Å². The minimum absolute atomic E-state index is 0.349. The van der Waals surface area contributed by atoms with Gasteiger partial charge in [0.2, 0.25) is 0 Å². The Labute approximate surface area is 130 Å². The van der Waals surface area contributed by atoms with Crippen LogP contribution in [0.5, 0.6) is 0 Å². The molecule has 1 aromatic carbocycles. The van der Waals surface area contributed by atoms with E-state index < -0.39 is 0 Å². The Hall–Kier alpha value is -0.860. The van der Waals surface area contributed by atoms with E-state index in [9.17, 15) is 0 Å². The van der Waals surface area contributed by atoms with Crippen LogP contribution in [0.1, 0.15) is 69.5 Å². The van der Waals surface area contributed by atoms with Crippen molar-refractivity contribution < 1.29 is 0 Å². The summed E-state index contributed by atoms with van der Waals surface area (Å²) in [7, 11) is 2.26. The Morgan fingerprint density at radius 1 is 1.14 bits per heavy atom. The molecule has 0 heterocycles. The molecule has 0 saturated heterocycles. The SMILES string of the molecule is CC1CCCC(N(C)C(CN)c2ccc(C(C)C)cc2)C1. The van der Waals surface area contributed by atoms with Crippen molar-refractivity contribution in [2.24, 2.45) is 11.7 Å². The van der Waals surface area contributed by atoms with Crippen molar-refractivity contribution in [1.82, 2.24) is 4.90 Å². The van der Waals surface area contributed by atoms with Gasteiger partial charge < -0.3 is 5.73 Å². The van der Waals surface area contributed by atoms with E-state index in [1.807, 2.05) is 0 Å². The van der Waals surface area contributed by atoms with Gasteiger partial charge in [0.25, 0.3) is 0 Å². The number of hydrogen-bond donors (Lipinski definition) is 1. The van der Waals surface area contributed by atoms with Crippen LogP contribution >= 0.6 is 0 Å². The zero-order chi connectivity index (χ0) is 15.4. The molecule has 1 aliphatic rings. The van der Waals surface area contributed by atoms with Crippen LogP contribution in [0.3, 0.4) is 0 Å². The van der Waals surface area contributed by atoms with Crippen molar-refractivity contribution >= 4 is 0 Å². The second-order valence-corrected chi connectivity index (χ2v) is 7.16. The summed E-state index contributed by atoms with van der Waals surface area (Å²) in [4.78, 5) is 2.53. The second-order valence-electron chi connectivity index (χ2n) is 7.16. The highest BCUT2D eigenvalue weighted by atomic mass is 15.2. The Morgan fingerprint density at radius 3 is 2.29 bits per heavy atom. The third-order valence-corrected chi connectivity index (χ3v) is 5.19. The highest BCUT2D eigenvalue weighted by molar-refractivity contribution is 5.27. The third kappa shape index (κ3) is 4.08. The van der Waals surface area contributed by atoms with E-state index in [1.165, 1.54) is 36.8 Å². The largest absolute Gasteiger partial charge is 0.329 e. The summed E-state index contributed by atoms with van der Waals surface area (Å²) in [6.45, 7) is 7.56. The molecule has 2 heteroatoms. The average Bonchev–Trinajstić information content (AvgIpc) is 2.48. The minimum atomic E-state index is 0.349. The molecule has 0 aliphatic heterocycles. The van der Waals surface area contributed by atoms with Crippen molar-refractivity contribution in [2.45, 2.75) is 64.5 Å². The fraction of sp³-hybridized carbons (Fsp3) is 0.684. The number of benzene rings is 1. The smallest absolute Gasteiger partial charge is 0.0470 e. The highest BCUT2D eigenvalue weighted by Crippen LogP contribution is 2.31. The lowest BCUT2D eigenvalue weighted by Crippen LogP contribution is -2.41. The highest BCUT2D eigenvalue weighted by Gasteiger charge is 2.27. The van der Waals surface area contributed by atoms with Crippen LogP contribution in [-0.2, 0) is 0 Å². The van der Waals surface area contributed by atoms with E-state index in [2.05, 4.69) is 57.0 Å². The van der Waals surface area contributed by atoms with E-state index in [0.717, 1.165) is 5.92 Å². The van der Waals surface area contributed by atoms with Gasteiger partial charge in [-0.2, -0.15) is 0 Å². The van der Waals surface area contributed by atoms with Crippen LogP contribution in [0.15, 0.2) is 24.3 Å². The van der Waals surface area contributed by atoms with E-state index in [-0.39, 0.29) is 0 Å². The lowest BCUT2D eigenvalue weighted by atomic mass is 9.85. The summed E-state index contributed by atoms with van der Waals surface area (Å²) in [5.74, 6) is 1.44. The molecule has 1 fully saturated rings. The van der Waals surface area contributed by atoms with Crippen LogP contribution in [0.4, 0.5) is 0 Å². The molecule has 21 heavy (non-hydrogen) atoms. The zero-order valence-electron chi connectivity index (χ0n) is 14.2. The van der Waals surface area contributed by atoms with Gasteiger partial charge in [-0.1, -0.05) is 57.9 Å². The molecular weight excluding hydrogens is 256 g/mol. The molecule has 118 valence electrons. The number of nitrogens with zero attached hydrogens (tertiary/aromatic N) is 1. The topological polar surface area (TPSA) is 29.3 Å². The summed E-state index contributed by atoms with van der Waals surface area (Å²) in [6.07, 6.45) is 5.39. The van der Waals surface area contributed by atoms with E-state index >= 15 is 0 Å². The number of likely N-dealkylation sites (N-methyl/N-ethyl adjacent to an activating group) is 1. The molecule has 0 spiro atoms. The Kier molecular flexibility index (Phi) is 5.83. The fourth-order valence-electron chi connectivity index (χ4n) is 3.67. The van der Waals surface area contributed by atoms with Gasteiger partial charge in [0, 0.05) is 18.6 Å². The molecule has 3 unspecified atom stereocenters. The van der Waals surface area contributed by atoms with Gasteiger partial charge in [0.1, 0.15) is 0 Å². The molecule has 1 saturated carbocycles. The van der Waals surface area contributed by atoms with Gasteiger partial charge in [-0.15, -0.1) is 0 Å². The normalized spacial score (nSPS) is 24.5. The van der Waals surface area contributed by atoms with Gasteiger partial charge in [-0.3, -0.25) is 4.90 Å². The molecule has 2 N–H and O–H groups in total. The first-order valence-electron chi connectivity index (χ1n) is 8.54. The number of rotatable bonds is 5. The predicted molar refractivity (Wildman–Crippen MR) is 91.5 cm³/mol. The van der Waals surface area contributed by atoms with Crippen molar-refractivity contribution in [3.63, 3.8) is 0 Å². The molecule has 0 aromatic heterocycles. The molecule has 2 nitrogen and oxygen atoms in total. The lowest BCUT2D eigenvalue weighted by Gasteiger charge is -2.39. The maximum atomic E-state index is 6.10. The predicted octanol–water partition coefficient (Wildman–Crippen LogP) is 4.32. The molecule has 0 amide bonds. The first-order chi connectivity index (χ1) is 10.0. The molecule has 3 atom stereocenters. The van der Waals surface area contributed by atoms with Crippen LogP contribution in [-0.4, -0.2) is 24.5 Å². The number of nitrogens with two attached hydrogens (primary N) is 1. The van der Waals surface area contributed by atoms with Crippen LogP contribution < -0.4 is 5.73 Å². The van der Waals surface area contributed by atoms with Gasteiger partial charge in [-0.05, 0) is 42.9 Å². The quantitative estimate of drug-likeness (QED) is 0.874. The zero-order valence-corrected chi connectivity index (χ0v) is 14.2. The Bertz CT molecular complexity index is 424. The van der Waals surface area contributed by atoms with E-state index in [4.69, 9.17) is 5.73 Å². The molecule has 2 rings (SSSR count). The van der Waals surface area contributed by atoms with E-state index in [1.54, 1.807) is 0 Å². The first kappa shape index (κ1) is 16.5. The Balaban J connectivity index is 2.10. The maximum absolute atomic E-state index is 6.10. The summed E-state index contributed by atoms with van der Waals surface area (Å²) in [5, 5.41) is 0. The van der Waals surface area contributed by atoms with Gasteiger partial charge in [0.05, 0.1) is 0 Å². The maximum Gasteiger partial charge on any atom is 0.0470 e. The summed E-state index contributed by atoms with van der Waals surface area (Å²) in [6, 6.07) is 10.1. The number of hydrogen-bond acceptors (Lipinski definition) is 2. The average molecular weight is 288 g/mol. The van der Waals surface area contributed by atoms with Crippen LogP contribution in [0, 0.1) is 5.92 Å². The van der Waals surface area contributed by atoms with Gasteiger partial charge >= 0.3 is 0 Å². The molecule has 0 radical (unpaired) electrons. The second kappa shape index (κ2) is 7.42. The molecule has 0 bridgehead atoms. The van der Waals surface area contributed by atoms with Crippen LogP contribution in [0.25, 0.3) is 0 Å². The monoisotopic (exact) mass is 288 g/mol.